The van der Waals surface area contributed by atoms with Crippen molar-refractivity contribution in [3.05, 3.63) is 35.7 Å². The maximum atomic E-state index is 11.6. The highest BCUT2D eigenvalue weighted by molar-refractivity contribution is 6.31. The highest BCUT2D eigenvalue weighted by Gasteiger charge is 2.19. The Morgan fingerprint density at radius 2 is 2.15 bits per heavy atom. The summed E-state index contributed by atoms with van der Waals surface area (Å²) >= 11 is 6.10. The van der Waals surface area contributed by atoms with Crippen LogP contribution in [0.2, 0.25) is 5.02 Å². The van der Waals surface area contributed by atoms with Crippen molar-refractivity contribution in [2.75, 3.05) is 31.1 Å². The number of H-pyrrole nitrogens is 1. The van der Waals surface area contributed by atoms with Crippen molar-refractivity contribution in [1.29, 1.82) is 0 Å². The van der Waals surface area contributed by atoms with Crippen molar-refractivity contribution in [2.45, 2.75) is 13.3 Å². The average molecular weight is 373 g/mol. The second-order valence-electron chi connectivity index (χ2n) is 6.34. The molecule has 0 aliphatic carbocycles. The molecule has 1 fully saturated rings. The largest absolute Gasteiger partial charge is 0.345 e. The monoisotopic (exact) mass is 372 g/mol. The lowest BCUT2D eigenvalue weighted by Gasteiger charge is -2.21. The van der Waals surface area contributed by atoms with Crippen molar-refractivity contribution in [1.82, 2.24) is 24.8 Å². The van der Waals surface area contributed by atoms with Gasteiger partial charge in [-0.1, -0.05) is 11.6 Å². The van der Waals surface area contributed by atoms with Crippen LogP contribution < -0.4 is 4.90 Å². The van der Waals surface area contributed by atoms with Crippen LogP contribution in [0.1, 0.15) is 14.8 Å². The van der Waals surface area contributed by atoms with E-state index in [4.69, 9.17) is 16.6 Å². The fourth-order valence-electron chi connectivity index (χ4n) is 3.27. The molecule has 0 aromatic carbocycles. The third kappa shape index (κ3) is 3.22. The normalized spacial score (nSPS) is 15.3. The van der Waals surface area contributed by atoms with Crippen LogP contribution in [0.25, 0.3) is 22.3 Å². The second kappa shape index (κ2) is 6.92. The Morgan fingerprint density at radius 3 is 3.00 bits per heavy atom. The first-order valence-electron chi connectivity index (χ1n) is 8.58. The zero-order chi connectivity index (χ0) is 18.1. The van der Waals surface area contributed by atoms with Gasteiger partial charge in [-0.25, -0.2) is 15.0 Å². The maximum Gasteiger partial charge on any atom is 0.225 e. The highest BCUT2D eigenvalue weighted by atomic mass is 35.5. The fraction of sp³-hybridized carbons (Fsp3) is 0.333. The van der Waals surface area contributed by atoms with Crippen LogP contribution in [0.15, 0.2) is 30.7 Å². The number of aromatic amines is 1. The molecule has 7 nitrogen and oxygen atoms in total. The van der Waals surface area contributed by atoms with Gasteiger partial charge in [0.25, 0.3) is 0 Å². The molecule has 1 aliphatic rings. The molecule has 0 spiro atoms. The number of halogens is 1. The van der Waals surface area contributed by atoms with Gasteiger partial charge >= 0.3 is 0 Å². The molecule has 0 unspecified atom stereocenters. The first-order chi connectivity index (χ1) is 12.6. The summed E-state index contributed by atoms with van der Waals surface area (Å²) in [6.45, 7) is 4.63. The van der Waals surface area contributed by atoms with Gasteiger partial charge in [0.1, 0.15) is 5.65 Å². The molecule has 0 saturated carbocycles. The van der Waals surface area contributed by atoms with Crippen molar-refractivity contribution in [3.8, 4) is 11.3 Å². The van der Waals surface area contributed by atoms with Gasteiger partial charge in [0, 0.05) is 64.1 Å². The molecule has 3 aromatic heterocycles. The van der Waals surface area contributed by atoms with Gasteiger partial charge in [-0.2, -0.15) is 0 Å². The number of pyridine rings is 1. The first-order valence-corrected chi connectivity index (χ1v) is 8.96. The molecule has 1 aliphatic heterocycles. The van der Waals surface area contributed by atoms with Gasteiger partial charge in [0.15, 0.2) is 0 Å². The minimum atomic E-state index is 0. The summed E-state index contributed by atoms with van der Waals surface area (Å²) in [7, 11) is 0. The molecular weight excluding hydrogens is 352 g/mol. The lowest BCUT2D eigenvalue weighted by Crippen LogP contribution is -2.34. The van der Waals surface area contributed by atoms with Crippen LogP contribution in [0.4, 0.5) is 5.95 Å². The zero-order valence-electron chi connectivity index (χ0n) is 14.4. The van der Waals surface area contributed by atoms with Gasteiger partial charge < -0.3 is 14.8 Å². The summed E-state index contributed by atoms with van der Waals surface area (Å²) in [4.78, 5) is 32.3. The number of amides is 1. The Labute approximate surface area is 157 Å². The number of aromatic nitrogens is 4. The van der Waals surface area contributed by atoms with Gasteiger partial charge in [0.2, 0.25) is 11.9 Å². The van der Waals surface area contributed by atoms with Gasteiger partial charge in [0.05, 0.1) is 10.7 Å². The summed E-state index contributed by atoms with van der Waals surface area (Å²) in [5, 5.41) is 1.52. The predicted octanol–water partition coefficient (Wildman–Crippen LogP) is 2.98. The molecule has 3 aromatic rings. The van der Waals surface area contributed by atoms with E-state index in [1.807, 2.05) is 23.2 Å². The summed E-state index contributed by atoms with van der Waals surface area (Å²) in [5.41, 5.74) is 2.54. The van der Waals surface area contributed by atoms with Crippen LogP contribution in [-0.2, 0) is 4.79 Å². The third-order valence-electron chi connectivity index (χ3n) is 4.64. The van der Waals surface area contributed by atoms with Crippen LogP contribution in [0, 0.1) is 0 Å². The molecule has 0 atom stereocenters. The highest BCUT2D eigenvalue weighted by Crippen LogP contribution is 2.28. The number of anilines is 1. The molecule has 1 N–H and O–H groups in total. The lowest BCUT2D eigenvalue weighted by atomic mass is 10.1. The minimum absolute atomic E-state index is 0. The number of carbonyl (C=O) groups excluding carboxylic acids is 1. The van der Waals surface area contributed by atoms with E-state index in [1.165, 1.54) is 0 Å². The van der Waals surface area contributed by atoms with Gasteiger partial charge in [-0.15, -0.1) is 0 Å². The fourth-order valence-corrected chi connectivity index (χ4v) is 3.43. The van der Waals surface area contributed by atoms with Gasteiger partial charge in [-0.05, 0) is 18.6 Å². The van der Waals surface area contributed by atoms with E-state index in [2.05, 4.69) is 19.9 Å². The Bertz CT molecular complexity index is 962. The molecule has 0 radical (unpaired) electrons. The Kier molecular flexibility index (Phi) is 4.46. The van der Waals surface area contributed by atoms with E-state index < -0.39 is 0 Å². The second-order valence-corrected chi connectivity index (χ2v) is 6.78. The number of hydrogen-bond acceptors (Lipinski definition) is 5. The van der Waals surface area contributed by atoms with E-state index >= 15 is 0 Å². The average Bonchev–Trinajstić information content (AvgIpc) is 2.88. The SMILES string of the molecule is CC(=O)N1CCCN(c2nccc(-c3c[nH]c4ncc(Cl)cc34)n2)CC1.[HH]. The van der Waals surface area contributed by atoms with E-state index in [9.17, 15) is 4.79 Å². The molecular formula is C18H21ClN6O. The number of carbonyl (C=O) groups is 1. The molecule has 26 heavy (non-hydrogen) atoms. The van der Waals surface area contributed by atoms with E-state index in [0.29, 0.717) is 17.5 Å². The number of fused-ring (bicyclic) bond motifs is 1. The summed E-state index contributed by atoms with van der Waals surface area (Å²) < 4.78 is 0. The summed E-state index contributed by atoms with van der Waals surface area (Å²) in [5.74, 6) is 0.793. The van der Waals surface area contributed by atoms with Crippen LogP contribution >= 0.6 is 11.6 Å². The topological polar surface area (TPSA) is 78.0 Å². The van der Waals surface area contributed by atoms with Crippen LogP contribution in [0.3, 0.4) is 0 Å². The van der Waals surface area contributed by atoms with Crippen LogP contribution in [-0.4, -0.2) is 56.9 Å². The Balaban J connectivity index is 0.00000210. The molecule has 1 amide bonds. The van der Waals surface area contributed by atoms with Crippen molar-refractivity contribution in [3.63, 3.8) is 0 Å². The smallest absolute Gasteiger partial charge is 0.225 e. The standard InChI is InChI=1S/C18H19ClN6O.H2/c1-12(26)24-5-2-6-25(8-7-24)18-20-4-3-16(23-18)15-11-22-17-14(15)9-13(19)10-21-17;/h3-4,9-11H,2,5-8H2,1H3,(H,21,22);1H. The van der Waals surface area contributed by atoms with Crippen molar-refractivity contribution < 1.29 is 6.22 Å². The number of rotatable bonds is 2. The maximum absolute atomic E-state index is 11.6. The molecule has 136 valence electrons. The number of hydrogen-bond donors (Lipinski definition) is 1. The van der Waals surface area contributed by atoms with Crippen LogP contribution in [0.5, 0.6) is 0 Å². The molecule has 8 heteroatoms. The van der Waals surface area contributed by atoms with Crippen molar-refractivity contribution in [2.24, 2.45) is 0 Å². The molecule has 0 bridgehead atoms. The lowest BCUT2D eigenvalue weighted by molar-refractivity contribution is -0.128. The van der Waals surface area contributed by atoms with E-state index in [-0.39, 0.29) is 7.33 Å². The number of nitrogens with zero attached hydrogens (tertiary/aromatic N) is 5. The van der Waals surface area contributed by atoms with Crippen molar-refractivity contribution >= 4 is 34.5 Å². The summed E-state index contributed by atoms with van der Waals surface area (Å²) in [6.07, 6.45) is 6.18. The third-order valence-corrected chi connectivity index (χ3v) is 4.85. The van der Waals surface area contributed by atoms with E-state index in [1.54, 1.807) is 19.3 Å². The molecule has 1 saturated heterocycles. The molecule has 4 heterocycles. The Morgan fingerprint density at radius 1 is 1.27 bits per heavy atom. The van der Waals surface area contributed by atoms with E-state index in [0.717, 1.165) is 48.3 Å². The zero-order valence-corrected chi connectivity index (χ0v) is 15.2. The minimum Gasteiger partial charge on any atom is -0.345 e. The number of nitrogens with one attached hydrogen (secondary N) is 1. The first kappa shape index (κ1) is 16.8. The summed E-state index contributed by atoms with van der Waals surface area (Å²) in [6, 6.07) is 3.76. The quantitative estimate of drug-likeness (QED) is 0.748. The molecule has 4 rings (SSSR count). The predicted molar refractivity (Wildman–Crippen MR) is 103 cm³/mol. The Hall–Kier alpha value is -2.67. The van der Waals surface area contributed by atoms with Gasteiger partial charge in [-0.3, -0.25) is 4.79 Å².